The second-order valence-electron chi connectivity index (χ2n) is 6.08. The van der Waals surface area contributed by atoms with Crippen LogP contribution in [0.4, 0.5) is 5.69 Å². The number of nitrogens with zero attached hydrogens (tertiary/aromatic N) is 4. The van der Waals surface area contributed by atoms with Gasteiger partial charge in [0.2, 0.25) is 5.88 Å². The Labute approximate surface area is 161 Å². The maximum absolute atomic E-state index is 12.4. The molecule has 7 nitrogen and oxygen atoms in total. The van der Waals surface area contributed by atoms with Crippen LogP contribution in [0.25, 0.3) is 5.82 Å². The van der Waals surface area contributed by atoms with Crippen molar-refractivity contribution in [2.24, 2.45) is 0 Å². The minimum atomic E-state index is -0.146. The fourth-order valence-electron chi connectivity index (χ4n) is 2.65. The van der Waals surface area contributed by atoms with Crippen molar-refractivity contribution >= 4 is 11.6 Å². The monoisotopic (exact) mass is 371 g/mol. The summed E-state index contributed by atoms with van der Waals surface area (Å²) in [6, 6.07) is 19.8. The summed E-state index contributed by atoms with van der Waals surface area (Å²) in [5.74, 6) is 1.42. The zero-order chi connectivity index (χ0) is 19.3. The van der Waals surface area contributed by atoms with E-state index in [1.807, 2.05) is 31.2 Å². The van der Waals surface area contributed by atoms with Crippen LogP contribution in [0.2, 0.25) is 0 Å². The highest BCUT2D eigenvalue weighted by molar-refractivity contribution is 6.05. The Morgan fingerprint density at radius 2 is 1.79 bits per heavy atom. The normalized spacial score (nSPS) is 10.5. The van der Waals surface area contributed by atoms with Crippen LogP contribution >= 0.6 is 0 Å². The SMILES string of the molecule is Cc1ccccc1C(=O)Nc1ccc(Oc2ccc(-n3cccn3)nn2)cc1. The van der Waals surface area contributed by atoms with E-state index in [4.69, 9.17) is 4.74 Å². The molecule has 28 heavy (non-hydrogen) atoms. The maximum Gasteiger partial charge on any atom is 0.255 e. The number of amides is 1. The lowest BCUT2D eigenvalue weighted by atomic mass is 10.1. The van der Waals surface area contributed by atoms with Crippen molar-refractivity contribution in [2.75, 3.05) is 5.32 Å². The van der Waals surface area contributed by atoms with Crippen LogP contribution in [-0.2, 0) is 0 Å². The molecule has 0 bridgehead atoms. The van der Waals surface area contributed by atoms with Crippen molar-refractivity contribution in [1.82, 2.24) is 20.0 Å². The number of carbonyl (C=O) groups excluding carboxylic acids is 1. The largest absolute Gasteiger partial charge is 0.438 e. The number of nitrogens with one attached hydrogen (secondary N) is 1. The lowest BCUT2D eigenvalue weighted by Crippen LogP contribution is -2.13. The van der Waals surface area contributed by atoms with Crippen LogP contribution in [0.1, 0.15) is 15.9 Å². The van der Waals surface area contributed by atoms with E-state index in [9.17, 15) is 4.79 Å². The lowest BCUT2D eigenvalue weighted by molar-refractivity contribution is 0.102. The minimum absolute atomic E-state index is 0.146. The van der Waals surface area contributed by atoms with E-state index in [2.05, 4.69) is 20.6 Å². The Bertz CT molecular complexity index is 1070. The van der Waals surface area contributed by atoms with Crippen LogP contribution in [0.15, 0.2) is 79.1 Å². The van der Waals surface area contributed by atoms with E-state index in [0.717, 1.165) is 5.56 Å². The van der Waals surface area contributed by atoms with E-state index in [0.29, 0.717) is 28.7 Å². The van der Waals surface area contributed by atoms with Crippen molar-refractivity contribution in [3.63, 3.8) is 0 Å². The summed E-state index contributed by atoms with van der Waals surface area (Å²) in [7, 11) is 0. The van der Waals surface area contributed by atoms with E-state index in [1.54, 1.807) is 59.5 Å². The Hall–Kier alpha value is -4.00. The molecule has 0 atom stereocenters. The van der Waals surface area contributed by atoms with Gasteiger partial charge in [-0.25, -0.2) is 4.68 Å². The fourth-order valence-corrected chi connectivity index (χ4v) is 2.65. The molecule has 7 heteroatoms. The van der Waals surface area contributed by atoms with E-state index in [-0.39, 0.29) is 5.91 Å². The summed E-state index contributed by atoms with van der Waals surface area (Å²) in [4.78, 5) is 12.4. The van der Waals surface area contributed by atoms with E-state index < -0.39 is 0 Å². The molecule has 2 aromatic carbocycles. The van der Waals surface area contributed by atoms with Crippen LogP contribution in [0.3, 0.4) is 0 Å². The molecule has 0 radical (unpaired) electrons. The lowest BCUT2D eigenvalue weighted by Gasteiger charge is -2.09. The van der Waals surface area contributed by atoms with Crippen molar-refractivity contribution in [3.8, 4) is 17.4 Å². The van der Waals surface area contributed by atoms with Gasteiger partial charge in [-0.1, -0.05) is 18.2 Å². The van der Waals surface area contributed by atoms with Gasteiger partial charge < -0.3 is 10.1 Å². The predicted octanol–water partition coefficient (Wildman–Crippen LogP) is 4.02. The number of anilines is 1. The third-order valence-corrected chi connectivity index (χ3v) is 4.09. The van der Waals surface area contributed by atoms with Gasteiger partial charge in [-0.3, -0.25) is 4.79 Å². The van der Waals surface area contributed by atoms with Gasteiger partial charge in [0, 0.05) is 29.7 Å². The van der Waals surface area contributed by atoms with Crippen molar-refractivity contribution in [1.29, 1.82) is 0 Å². The number of aromatic nitrogens is 4. The molecule has 0 aliphatic heterocycles. The van der Waals surface area contributed by atoms with Gasteiger partial charge in [-0.05, 0) is 55.0 Å². The molecular weight excluding hydrogens is 354 g/mol. The molecule has 4 aromatic rings. The number of ether oxygens (including phenoxy) is 1. The molecule has 138 valence electrons. The third-order valence-electron chi connectivity index (χ3n) is 4.09. The molecule has 0 spiro atoms. The van der Waals surface area contributed by atoms with Gasteiger partial charge in [0.05, 0.1) is 0 Å². The zero-order valence-corrected chi connectivity index (χ0v) is 15.1. The standard InChI is InChI=1S/C21H17N5O2/c1-15-5-2-3-6-18(15)21(27)23-16-7-9-17(10-8-16)28-20-12-11-19(24-25-20)26-14-4-13-22-26/h2-14H,1H3,(H,23,27). The van der Waals surface area contributed by atoms with Gasteiger partial charge in [-0.2, -0.15) is 5.10 Å². The zero-order valence-electron chi connectivity index (χ0n) is 15.1. The molecule has 1 N–H and O–H groups in total. The first-order valence-corrected chi connectivity index (χ1v) is 8.68. The fraction of sp³-hybridized carbons (Fsp3) is 0.0476. The summed E-state index contributed by atoms with van der Waals surface area (Å²) in [6.07, 6.45) is 3.46. The maximum atomic E-state index is 12.4. The van der Waals surface area contributed by atoms with Gasteiger partial charge in [0.25, 0.3) is 5.91 Å². The number of benzene rings is 2. The molecule has 0 saturated carbocycles. The summed E-state index contributed by atoms with van der Waals surface area (Å²) >= 11 is 0. The van der Waals surface area contributed by atoms with Crippen molar-refractivity contribution in [2.45, 2.75) is 6.92 Å². The number of rotatable bonds is 5. The van der Waals surface area contributed by atoms with Gasteiger partial charge in [0.15, 0.2) is 5.82 Å². The first-order valence-electron chi connectivity index (χ1n) is 8.68. The third kappa shape index (κ3) is 3.88. The predicted molar refractivity (Wildman–Crippen MR) is 105 cm³/mol. The highest BCUT2D eigenvalue weighted by Gasteiger charge is 2.09. The smallest absolute Gasteiger partial charge is 0.255 e. The number of aryl methyl sites for hydroxylation is 1. The van der Waals surface area contributed by atoms with Crippen molar-refractivity contribution < 1.29 is 9.53 Å². The topological polar surface area (TPSA) is 81.9 Å². The first-order chi connectivity index (χ1) is 13.7. The summed E-state index contributed by atoms with van der Waals surface area (Å²) in [5.41, 5.74) is 2.26. The number of hydrogen-bond donors (Lipinski definition) is 1. The highest BCUT2D eigenvalue weighted by atomic mass is 16.5. The summed E-state index contributed by atoms with van der Waals surface area (Å²) in [5, 5.41) is 15.1. The Balaban J connectivity index is 1.41. The Morgan fingerprint density at radius 1 is 0.964 bits per heavy atom. The molecule has 2 heterocycles. The molecule has 0 unspecified atom stereocenters. The average molecular weight is 371 g/mol. The molecular formula is C21H17N5O2. The molecule has 0 aliphatic rings. The van der Waals surface area contributed by atoms with Gasteiger partial charge >= 0.3 is 0 Å². The Kier molecular flexibility index (Phi) is 4.79. The average Bonchev–Trinajstić information content (AvgIpc) is 3.25. The van der Waals surface area contributed by atoms with Crippen LogP contribution < -0.4 is 10.1 Å². The number of carbonyl (C=O) groups is 1. The van der Waals surface area contributed by atoms with Crippen molar-refractivity contribution in [3.05, 3.63) is 90.3 Å². The van der Waals surface area contributed by atoms with Crippen LogP contribution in [-0.4, -0.2) is 25.9 Å². The molecule has 0 fully saturated rings. The highest BCUT2D eigenvalue weighted by Crippen LogP contribution is 2.22. The molecule has 1 amide bonds. The summed E-state index contributed by atoms with van der Waals surface area (Å²) in [6.45, 7) is 1.91. The molecule has 4 rings (SSSR count). The van der Waals surface area contributed by atoms with Crippen LogP contribution in [0.5, 0.6) is 11.6 Å². The Morgan fingerprint density at radius 3 is 2.46 bits per heavy atom. The first kappa shape index (κ1) is 17.4. The number of hydrogen-bond acceptors (Lipinski definition) is 5. The molecule has 2 aromatic heterocycles. The van der Waals surface area contributed by atoms with Gasteiger partial charge in [0.1, 0.15) is 5.75 Å². The van der Waals surface area contributed by atoms with E-state index >= 15 is 0 Å². The van der Waals surface area contributed by atoms with E-state index in [1.165, 1.54) is 0 Å². The van der Waals surface area contributed by atoms with Crippen LogP contribution in [0, 0.1) is 6.92 Å². The minimum Gasteiger partial charge on any atom is -0.438 e. The summed E-state index contributed by atoms with van der Waals surface area (Å²) < 4.78 is 7.31. The second kappa shape index (κ2) is 7.71. The molecule has 0 aliphatic carbocycles. The second-order valence-corrected chi connectivity index (χ2v) is 6.08. The van der Waals surface area contributed by atoms with Gasteiger partial charge in [-0.15, -0.1) is 10.2 Å². The molecule has 0 saturated heterocycles. The quantitative estimate of drug-likeness (QED) is 0.573.